The molecule has 0 radical (unpaired) electrons. The number of amidine groups is 1. The highest BCUT2D eigenvalue weighted by molar-refractivity contribution is 6.30. The quantitative estimate of drug-likeness (QED) is 0.525. The molecule has 2 aromatic heterocycles. The van der Waals surface area contributed by atoms with Crippen molar-refractivity contribution >= 4 is 47.2 Å². The molecule has 1 fully saturated rings. The molecule has 4 heterocycles. The van der Waals surface area contributed by atoms with Gasteiger partial charge in [-0.25, -0.2) is 0 Å². The van der Waals surface area contributed by atoms with Crippen molar-refractivity contribution in [3.63, 3.8) is 0 Å². The van der Waals surface area contributed by atoms with E-state index in [1.165, 1.54) is 5.69 Å². The van der Waals surface area contributed by atoms with Crippen molar-refractivity contribution in [1.29, 1.82) is 0 Å². The Balaban J connectivity index is 1.38. The number of aliphatic imine (C=N–C) groups is 1. The Labute approximate surface area is 215 Å². The molecule has 0 aliphatic carbocycles. The van der Waals surface area contributed by atoms with Crippen LogP contribution in [0.4, 0.5) is 17.6 Å². The lowest BCUT2D eigenvalue weighted by atomic mass is 10.2. The van der Waals surface area contributed by atoms with Gasteiger partial charge >= 0.3 is 0 Å². The van der Waals surface area contributed by atoms with Crippen molar-refractivity contribution in [2.24, 2.45) is 4.99 Å². The second-order valence-electron chi connectivity index (χ2n) is 8.43. The van der Waals surface area contributed by atoms with E-state index in [2.05, 4.69) is 36.2 Å². The van der Waals surface area contributed by atoms with Gasteiger partial charge in [-0.3, -0.25) is 9.98 Å². The molecule has 0 atom stereocenters. The first-order valence-electron chi connectivity index (χ1n) is 11.9. The zero-order chi connectivity index (χ0) is 24.7. The Morgan fingerprint density at radius 3 is 2.50 bits per heavy atom. The standard InChI is InChI=1S/C27H27ClN8/c1-2-4-21-18-25(30-19-21)32-26-31-24(8-7-20-5-3-6-22(28)17-20)33-27(34-26)36-15-13-35(14-16-36)23-9-11-29-12-10-23/h2-12,17-18H,13-16,19H2,1H3,(H,30,31,32,33,34)/b4-2+,8-7+. The second kappa shape index (κ2) is 11.1. The highest BCUT2D eigenvalue weighted by Gasteiger charge is 2.21. The molecule has 9 heteroatoms. The fourth-order valence-electron chi connectivity index (χ4n) is 4.10. The lowest BCUT2D eigenvalue weighted by Gasteiger charge is -2.36. The van der Waals surface area contributed by atoms with Crippen LogP contribution >= 0.6 is 11.6 Å². The molecule has 5 rings (SSSR count). The zero-order valence-corrected chi connectivity index (χ0v) is 20.8. The summed E-state index contributed by atoms with van der Waals surface area (Å²) in [6.07, 6.45) is 13.6. The van der Waals surface area contributed by atoms with Crippen LogP contribution in [0.3, 0.4) is 0 Å². The highest BCUT2D eigenvalue weighted by Crippen LogP contribution is 2.20. The molecule has 0 amide bonds. The van der Waals surface area contributed by atoms with Crippen LogP contribution in [0.5, 0.6) is 0 Å². The minimum atomic E-state index is 0.471. The maximum absolute atomic E-state index is 6.14. The fraction of sp³-hybridized carbons (Fsp3) is 0.222. The largest absolute Gasteiger partial charge is 0.368 e. The van der Waals surface area contributed by atoms with Crippen LogP contribution in [0.25, 0.3) is 12.2 Å². The number of aromatic nitrogens is 4. The van der Waals surface area contributed by atoms with E-state index in [0.29, 0.717) is 29.3 Å². The summed E-state index contributed by atoms with van der Waals surface area (Å²) in [7, 11) is 0. The van der Waals surface area contributed by atoms with E-state index >= 15 is 0 Å². The number of hydrogen-bond donors (Lipinski definition) is 1. The van der Waals surface area contributed by atoms with E-state index in [4.69, 9.17) is 21.6 Å². The van der Waals surface area contributed by atoms with Crippen molar-refractivity contribution in [1.82, 2.24) is 19.9 Å². The summed E-state index contributed by atoms with van der Waals surface area (Å²) in [5.41, 5.74) is 3.29. The molecule has 1 N–H and O–H groups in total. The number of piperazine rings is 1. The second-order valence-corrected chi connectivity index (χ2v) is 8.87. The van der Waals surface area contributed by atoms with Crippen molar-refractivity contribution in [2.75, 3.05) is 47.8 Å². The predicted octanol–water partition coefficient (Wildman–Crippen LogP) is 4.74. The Morgan fingerprint density at radius 1 is 0.917 bits per heavy atom. The molecule has 2 aliphatic heterocycles. The molecule has 0 bridgehead atoms. The Morgan fingerprint density at radius 2 is 1.72 bits per heavy atom. The summed E-state index contributed by atoms with van der Waals surface area (Å²) in [6, 6.07) is 11.7. The van der Waals surface area contributed by atoms with Gasteiger partial charge in [0.05, 0.1) is 6.54 Å². The van der Waals surface area contributed by atoms with E-state index < -0.39 is 0 Å². The molecular weight excluding hydrogens is 472 g/mol. The molecule has 0 spiro atoms. The monoisotopic (exact) mass is 498 g/mol. The van der Waals surface area contributed by atoms with Crippen molar-refractivity contribution in [2.45, 2.75) is 6.92 Å². The first-order valence-corrected chi connectivity index (χ1v) is 12.3. The molecule has 182 valence electrons. The topological polar surface area (TPSA) is 82.4 Å². The number of nitrogens with zero attached hydrogens (tertiary/aromatic N) is 7. The van der Waals surface area contributed by atoms with E-state index in [-0.39, 0.29) is 0 Å². The lowest BCUT2D eigenvalue weighted by Crippen LogP contribution is -2.47. The van der Waals surface area contributed by atoms with E-state index in [9.17, 15) is 0 Å². The number of halogens is 1. The smallest absolute Gasteiger partial charge is 0.233 e. The molecule has 36 heavy (non-hydrogen) atoms. The molecular formula is C27H27ClN8. The number of hydrogen-bond acceptors (Lipinski definition) is 8. The van der Waals surface area contributed by atoms with Crippen LogP contribution < -0.4 is 15.1 Å². The van der Waals surface area contributed by atoms with Gasteiger partial charge in [-0.15, -0.1) is 0 Å². The van der Waals surface area contributed by atoms with Gasteiger partial charge in [-0.05, 0) is 54.5 Å². The maximum Gasteiger partial charge on any atom is 0.233 e. The first-order chi connectivity index (χ1) is 17.7. The minimum absolute atomic E-state index is 0.471. The third kappa shape index (κ3) is 5.95. The number of pyridine rings is 1. The van der Waals surface area contributed by atoms with Gasteiger partial charge < -0.3 is 15.1 Å². The van der Waals surface area contributed by atoms with Crippen molar-refractivity contribution < 1.29 is 0 Å². The van der Waals surface area contributed by atoms with Crippen LogP contribution in [0, 0.1) is 0 Å². The van der Waals surface area contributed by atoms with E-state index in [1.807, 2.05) is 80.0 Å². The van der Waals surface area contributed by atoms with Gasteiger partial charge in [0.25, 0.3) is 0 Å². The van der Waals surface area contributed by atoms with E-state index in [1.54, 1.807) is 0 Å². The molecule has 0 unspecified atom stereocenters. The van der Waals surface area contributed by atoms with Gasteiger partial charge in [0.2, 0.25) is 11.9 Å². The van der Waals surface area contributed by atoms with Crippen LogP contribution in [0.2, 0.25) is 5.02 Å². The summed E-state index contributed by atoms with van der Waals surface area (Å²) in [6.45, 7) is 5.98. The molecule has 3 aromatic rings. The van der Waals surface area contributed by atoms with Gasteiger partial charge in [0, 0.05) is 49.3 Å². The number of allylic oxidation sites excluding steroid dienone is 1. The SMILES string of the molecule is C/C=C/C1=CC(Nc2nc(/C=C/c3cccc(Cl)c3)nc(N3CCN(c4ccncc4)CC3)n2)=NC1. The van der Waals surface area contributed by atoms with Crippen LogP contribution in [-0.4, -0.2) is 58.5 Å². The molecule has 1 aromatic carbocycles. The van der Waals surface area contributed by atoms with Crippen molar-refractivity contribution in [3.05, 3.63) is 89.0 Å². The van der Waals surface area contributed by atoms with Gasteiger partial charge in [-0.1, -0.05) is 42.0 Å². The molecule has 8 nitrogen and oxygen atoms in total. The molecule has 2 aliphatic rings. The normalized spacial score (nSPS) is 16.1. The third-order valence-electron chi connectivity index (χ3n) is 5.88. The van der Waals surface area contributed by atoms with Crippen molar-refractivity contribution in [3.8, 4) is 0 Å². The average molecular weight is 499 g/mol. The number of rotatable bonds is 6. The van der Waals surface area contributed by atoms with Gasteiger partial charge in [0.15, 0.2) is 5.82 Å². The third-order valence-corrected chi connectivity index (χ3v) is 6.11. The highest BCUT2D eigenvalue weighted by atomic mass is 35.5. The minimum Gasteiger partial charge on any atom is -0.368 e. The van der Waals surface area contributed by atoms with E-state index in [0.717, 1.165) is 43.2 Å². The predicted molar refractivity (Wildman–Crippen MR) is 148 cm³/mol. The zero-order valence-electron chi connectivity index (χ0n) is 20.0. The average Bonchev–Trinajstić information content (AvgIpc) is 3.35. The lowest BCUT2D eigenvalue weighted by molar-refractivity contribution is 0.638. The summed E-state index contributed by atoms with van der Waals surface area (Å²) >= 11 is 6.14. The van der Waals surface area contributed by atoms with Crippen LogP contribution in [0.1, 0.15) is 18.3 Å². The summed E-state index contributed by atoms with van der Waals surface area (Å²) < 4.78 is 0. The number of benzene rings is 1. The number of nitrogens with one attached hydrogen (secondary N) is 1. The maximum atomic E-state index is 6.14. The Kier molecular flexibility index (Phi) is 7.33. The molecule has 1 saturated heterocycles. The summed E-state index contributed by atoms with van der Waals surface area (Å²) in [5, 5.41) is 3.96. The van der Waals surface area contributed by atoms with Gasteiger partial charge in [0.1, 0.15) is 5.84 Å². The first kappa shape index (κ1) is 23.7. The summed E-state index contributed by atoms with van der Waals surface area (Å²) in [4.78, 5) is 27.4. The molecule has 0 saturated carbocycles. The Bertz CT molecular complexity index is 1320. The fourth-order valence-corrected chi connectivity index (χ4v) is 4.30. The number of anilines is 3. The van der Waals surface area contributed by atoms with Crippen LogP contribution in [-0.2, 0) is 0 Å². The van der Waals surface area contributed by atoms with Crippen LogP contribution in [0.15, 0.2) is 77.6 Å². The Hall–Kier alpha value is -4.04. The summed E-state index contributed by atoms with van der Waals surface area (Å²) in [5.74, 6) is 2.42. The van der Waals surface area contributed by atoms with Gasteiger partial charge in [-0.2, -0.15) is 15.0 Å².